The summed E-state index contributed by atoms with van der Waals surface area (Å²) in [5.41, 5.74) is -1.94. The second kappa shape index (κ2) is 5.07. The molecule has 0 rings (SSSR count). The Morgan fingerprint density at radius 3 is 2.25 bits per heavy atom. The SMILES string of the molecule is FC(Cl)CI(F)C#CC(F)(F)F. The van der Waals surface area contributed by atoms with Gasteiger partial charge in [-0.25, -0.2) is 0 Å². The molecule has 0 saturated carbocycles. The third-order valence-corrected chi connectivity index (χ3v) is 3.62. The summed E-state index contributed by atoms with van der Waals surface area (Å²) in [6.07, 6.45) is -4.71. The minimum atomic E-state index is -4.71. The molecule has 0 fully saturated rings. The molecule has 0 radical (unpaired) electrons. The molecular formula is C5H3ClF5I. The van der Waals surface area contributed by atoms with Crippen molar-refractivity contribution in [2.75, 3.05) is 4.43 Å². The van der Waals surface area contributed by atoms with Crippen molar-refractivity contribution < 1.29 is 20.4 Å². The van der Waals surface area contributed by atoms with Crippen molar-refractivity contribution in [1.29, 1.82) is 0 Å². The number of hydrogen-bond donors (Lipinski definition) is 0. The molecule has 0 spiro atoms. The Kier molecular flexibility index (Phi) is 5.16. The maximum atomic E-state index is 12.3. The van der Waals surface area contributed by atoms with Gasteiger partial charge in [-0.1, -0.05) is 0 Å². The number of hydrogen-bond acceptors (Lipinski definition) is 0. The van der Waals surface area contributed by atoms with E-state index in [2.05, 4.69) is 0 Å². The summed E-state index contributed by atoms with van der Waals surface area (Å²) in [6.45, 7) is 0. The Morgan fingerprint density at radius 2 is 1.92 bits per heavy atom. The van der Waals surface area contributed by atoms with Crippen LogP contribution in [0.1, 0.15) is 0 Å². The zero-order valence-electron chi connectivity index (χ0n) is 5.43. The van der Waals surface area contributed by atoms with Gasteiger partial charge in [0.25, 0.3) is 0 Å². The monoisotopic (exact) mass is 320 g/mol. The van der Waals surface area contributed by atoms with Crippen molar-refractivity contribution in [2.24, 2.45) is 0 Å². The molecule has 72 valence electrons. The summed E-state index contributed by atoms with van der Waals surface area (Å²) in [7, 11) is 0. The molecule has 0 aliphatic carbocycles. The molecule has 0 aromatic heterocycles. The van der Waals surface area contributed by atoms with Gasteiger partial charge >= 0.3 is 78.5 Å². The van der Waals surface area contributed by atoms with Crippen LogP contribution in [0.25, 0.3) is 0 Å². The number of halogens is 7. The van der Waals surface area contributed by atoms with Crippen LogP contribution in [0.3, 0.4) is 0 Å². The summed E-state index contributed by atoms with van der Waals surface area (Å²) in [6, 6.07) is 0. The molecule has 0 saturated heterocycles. The molecule has 0 aliphatic rings. The van der Waals surface area contributed by atoms with Gasteiger partial charge in [0, 0.05) is 0 Å². The molecule has 0 nitrogen and oxygen atoms in total. The summed E-state index contributed by atoms with van der Waals surface area (Å²) in [5.74, 6) is 0.746. The van der Waals surface area contributed by atoms with E-state index in [4.69, 9.17) is 11.6 Å². The average molecular weight is 320 g/mol. The Hall–Kier alpha value is 0.230. The van der Waals surface area contributed by atoms with Gasteiger partial charge in [-0.2, -0.15) is 0 Å². The van der Waals surface area contributed by atoms with Crippen molar-refractivity contribution in [3.63, 3.8) is 0 Å². The van der Waals surface area contributed by atoms with E-state index in [1.165, 1.54) is 3.93 Å². The molecule has 0 N–H and O–H groups in total. The van der Waals surface area contributed by atoms with E-state index in [1.54, 1.807) is 0 Å². The molecule has 0 heterocycles. The zero-order valence-corrected chi connectivity index (χ0v) is 8.34. The summed E-state index contributed by atoms with van der Waals surface area (Å²) in [4.78, 5) is 0. The van der Waals surface area contributed by atoms with Crippen LogP contribution in [0.5, 0.6) is 0 Å². The summed E-state index contributed by atoms with van der Waals surface area (Å²) in [5, 5.41) is 0. The zero-order chi connectivity index (χ0) is 9.78. The minimum absolute atomic E-state index is 0.700. The molecule has 7 heteroatoms. The summed E-state index contributed by atoms with van der Waals surface area (Å²) >= 11 is 1.10. The van der Waals surface area contributed by atoms with Crippen LogP contribution >= 0.6 is 32.0 Å². The van der Waals surface area contributed by atoms with E-state index in [0.29, 0.717) is 0 Å². The van der Waals surface area contributed by atoms with Crippen LogP contribution in [-0.4, -0.2) is 16.2 Å². The van der Waals surface area contributed by atoms with Gasteiger partial charge in [-0.3, -0.25) is 0 Å². The van der Waals surface area contributed by atoms with E-state index in [0.717, 1.165) is 5.92 Å². The molecule has 0 aliphatic heterocycles. The van der Waals surface area contributed by atoms with Crippen molar-refractivity contribution in [3.8, 4) is 9.85 Å². The van der Waals surface area contributed by atoms with Gasteiger partial charge in [0.05, 0.1) is 0 Å². The van der Waals surface area contributed by atoms with Gasteiger partial charge in [-0.05, 0) is 0 Å². The molecule has 0 amide bonds. The number of rotatable bonds is 2. The molecule has 0 aromatic carbocycles. The van der Waals surface area contributed by atoms with E-state index >= 15 is 0 Å². The predicted molar refractivity (Wildman–Crippen MR) is 44.6 cm³/mol. The fourth-order valence-electron chi connectivity index (χ4n) is 0.246. The Balaban J connectivity index is 3.96. The average Bonchev–Trinajstić information content (AvgIpc) is 1.80. The second-order valence-corrected chi connectivity index (χ2v) is 5.21. The van der Waals surface area contributed by atoms with E-state index in [9.17, 15) is 20.4 Å². The van der Waals surface area contributed by atoms with Crippen molar-refractivity contribution in [2.45, 2.75) is 11.8 Å². The molecule has 12 heavy (non-hydrogen) atoms. The van der Waals surface area contributed by atoms with E-state index < -0.39 is 36.6 Å². The fourth-order valence-corrected chi connectivity index (χ4v) is 2.34. The Labute approximate surface area is 78.6 Å². The maximum absolute atomic E-state index is 12.3. The predicted octanol–water partition coefficient (Wildman–Crippen LogP) is 3.43. The molecular weight excluding hydrogens is 317 g/mol. The van der Waals surface area contributed by atoms with Crippen LogP contribution in [0.2, 0.25) is 0 Å². The first-order valence-electron chi connectivity index (χ1n) is 2.51. The molecule has 0 bridgehead atoms. The molecule has 1 unspecified atom stereocenters. The normalized spacial score (nSPS) is 14.7. The van der Waals surface area contributed by atoms with Crippen LogP contribution in [0.15, 0.2) is 0 Å². The molecule has 0 aromatic rings. The second-order valence-electron chi connectivity index (χ2n) is 1.57. The summed E-state index contributed by atoms with van der Waals surface area (Å²) < 4.78 is 58.7. The van der Waals surface area contributed by atoms with Crippen LogP contribution < -0.4 is 0 Å². The van der Waals surface area contributed by atoms with Crippen molar-refractivity contribution >= 4 is 32.0 Å². The van der Waals surface area contributed by atoms with Crippen LogP contribution in [0.4, 0.5) is 20.4 Å². The van der Waals surface area contributed by atoms with Crippen LogP contribution in [0, 0.1) is 9.85 Å². The van der Waals surface area contributed by atoms with Crippen LogP contribution in [-0.2, 0) is 0 Å². The van der Waals surface area contributed by atoms with Crippen molar-refractivity contribution in [1.82, 2.24) is 0 Å². The Morgan fingerprint density at radius 1 is 1.42 bits per heavy atom. The quantitative estimate of drug-likeness (QED) is 0.316. The van der Waals surface area contributed by atoms with Gasteiger partial charge in [0.2, 0.25) is 0 Å². The standard InChI is InChI=1S/C5H3ClF5I/c6-4(7)3-12(11)2-1-5(8,9)10/h4H,3H2. The van der Waals surface area contributed by atoms with Gasteiger partial charge in [0.15, 0.2) is 0 Å². The third kappa shape index (κ3) is 8.33. The topological polar surface area (TPSA) is 0 Å². The first-order chi connectivity index (χ1) is 5.31. The van der Waals surface area contributed by atoms with Gasteiger partial charge in [-0.15, -0.1) is 0 Å². The first kappa shape index (κ1) is 12.2. The third-order valence-electron chi connectivity index (χ3n) is 0.544. The van der Waals surface area contributed by atoms with Gasteiger partial charge in [0.1, 0.15) is 0 Å². The van der Waals surface area contributed by atoms with Crippen molar-refractivity contribution in [3.05, 3.63) is 0 Å². The van der Waals surface area contributed by atoms with E-state index in [1.807, 2.05) is 0 Å². The van der Waals surface area contributed by atoms with E-state index in [-0.39, 0.29) is 0 Å². The number of alkyl halides is 6. The Bertz CT molecular complexity index is 190. The first-order valence-corrected chi connectivity index (χ1v) is 6.37. The molecule has 1 atom stereocenters. The fraction of sp³-hybridized carbons (Fsp3) is 0.600. The van der Waals surface area contributed by atoms with Gasteiger partial charge < -0.3 is 0 Å².